The smallest absolute Gasteiger partial charge is 0.390 e. The predicted molar refractivity (Wildman–Crippen MR) is 78.1 cm³/mol. The van der Waals surface area contributed by atoms with Crippen molar-refractivity contribution in [3.05, 3.63) is 17.3 Å². The van der Waals surface area contributed by atoms with E-state index in [4.69, 9.17) is 11.6 Å². The van der Waals surface area contributed by atoms with Crippen LogP contribution < -0.4 is 5.32 Å². The van der Waals surface area contributed by atoms with E-state index in [1.165, 1.54) is 26.0 Å². The zero-order valence-electron chi connectivity index (χ0n) is 12.3. The van der Waals surface area contributed by atoms with Crippen molar-refractivity contribution in [3.8, 4) is 0 Å². The molecule has 0 bridgehead atoms. The first kappa shape index (κ1) is 17.5. The van der Waals surface area contributed by atoms with E-state index < -0.39 is 24.2 Å². The molecular weight excluding hydrogens is 337 g/mol. The topological polar surface area (TPSA) is 80.0 Å². The number of halogens is 4. The summed E-state index contributed by atoms with van der Waals surface area (Å²) in [6.45, 7) is 1.44. The summed E-state index contributed by atoms with van der Waals surface area (Å²) >= 11 is 5.71. The Morgan fingerprint density at radius 1 is 1.35 bits per heavy atom. The monoisotopic (exact) mass is 350 g/mol. The third-order valence-electron chi connectivity index (χ3n) is 2.74. The molecule has 6 nitrogen and oxygen atoms in total. The summed E-state index contributed by atoms with van der Waals surface area (Å²) in [5.74, 6) is -0.969. The number of amides is 1. The molecule has 0 radical (unpaired) electrons. The predicted octanol–water partition coefficient (Wildman–Crippen LogP) is 2.75. The van der Waals surface area contributed by atoms with Crippen LogP contribution in [0.15, 0.2) is 12.1 Å². The zero-order valence-corrected chi connectivity index (χ0v) is 13.0. The van der Waals surface area contributed by atoms with Crippen LogP contribution in [0.4, 0.5) is 19.1 Å². The summed E-state index contributed by atoms with van der Waals surface area (Å²) in [5.41, 5.74) is -1.22. The number of carbonyl (C=O) groups excluding carboxylic acids is 1. The molecule has 1 amide bonds. The van der Waals surface area contributed by atoms with Crippen LogP contribution in [-0.4, -0.2) is 37.3 Å². The lowest BCUT2D eigenvalue weighted by molar-refractivity contribution is -0.140. The van der Waals surface area contributed by atoms with Crippen molar-refractivity contribution in [1.82, 2.24) is 14.5 Å². The molecule has 0 atom stereocenters. The summed E-state index contributed by atoms with van der Waals surface area (Å²) in [6, 6.07) is 2.79. The lowest BCUT2D eigenvalue weighted by Crippen LogP contribution is -2.29. The number of fused-ring (bicyclic) bond motifs is 1. The molecule has 2 rings (SSSR count). The molecule has 126 valence electrons. The summed E-state index contributed by atoms with van der Waals surface area (Å²) in [5, 5.41) is 11.9. The lowest BCUT2D eigenvalue weighted by atomic mass is 10.1. The van der Waals surface area contributed by atoms with Gasteiger partial charge < -0.3 is 5.11 Å². The van der Waals surface area contributed by atoms with Gasteiger partial charge in [0.05, 0.1) is 12.0 Å². The molecule has 2 aromatic rings. The number of aliphatic hydroxyl groups is 1. The number of hydrogen-bond donors (Lipinski definition) is 2. The highest BCUT2D eigenvalue weighted by Gasteiger charge is 2.31. The average molecular weight is 351 g/mol. The maximum absolute atomic E-state index is 12.8. The van der Waals surface area contributed by atoms with Crippen molar-refractivity contribution in [1.29, 1.82) is 0 Å². The summed E-state index contributed by atoms with van der Waals surface area (Å²) < 4.78 is 39.0. The number of alkyl halides is 3. The van der Waals surface area contributed by atoms with E-state index in [-0.39, 0.29) is 28.7 Å². The number of nitrogens with zero attached hydrogens (tertiary/aromatic N) is 3. The molecule has 2 N–H and O–H groups in total. The van der Waals surface area contributed by atoms with Gasteiger partial charge in [-0.1, -0.05) is 11.6 Å². The number of anilines is 1. The van der Waals surface area contributed by atoms with Crippen LogP contribution in [-0.2, 0) is 11.3 Å². The zero-order chi connectivity index (χ0) is 17.4. The van der Waals surface area contributed by atoms with E-state index in [0.29, 0.717) is 0 Å². The molecule has 0 fully saturated rings. The molecule has 10 heteroatoms. The van der Waals surface area contributed by atoms with Gasteiger partial charge in [-0.15, -0.1) is 0 Å². The SMILES string of the molecule is CC(C)(O)CC(=O)Nc1nc2ccc(Cl)nc2n1CC(F)(F)F. The van der Waals surface area contributed by atoms with Gasteiger partial charge in [0, 0.05) is 0 Å². The van der Waals surface area contributed by atoms with Gasteiger partial charge in [0.2, 0.25) is 11.9 Å². The molecule has 0 unspecified atom stereocenters. The van der Waals surface area contributed by atoms with Gasteiger partial charge in [-0.05, 0) is 26.0 Å². The van der Waals surface area contributed by atoms with Crippen LogP contribution in [0.3, 0.4) is 0 Å². The van der Waals surface area contributed by atoms with Gasteiger partial charge in [0.1, 0.15) is 17.2 Å². The molecule has 0 aromatic carbocycles. The number of hydrogen-bond acceptors (Lipinski definition) is 4. The van der Waals surface area contributed by atoms with Crippen molar-refractivity contribution in [2.24, 2.45) is 0 Å². The van der Waals surface area contributed by atoms with Crippen LogP contribution >= 0.6 is 11.6 Å². The van der Waals surface area contributed by atoms with Gasteiger partial charge in [-0.25, -0.2) is 9.97 Å². The van der Waals surface area contributed by atoms with E-state index in [9.17, 15) is 23.1 Å². The van der Waals surface area contributed by atoms with Crippen molar-refractivity contribution in [2.75, 3.05) is 5.32 Å². The second kappa shape index (κ2) is 5.97. The number of imidazole rings is 1. The van der Waals surface area contributed by atoms with Crippen LogP contribution in [0.25, 0.3) is 11.2 Å². The third kappa shape index (κ3) is 4.80. The Labute approximate surface area is 134 Å². The third-order valence-corrected chi connectivity index (χ3v) is 2.95. The van der Waals surface area contributed by atoms with Crippen molar-refractivity contribution in [3.63, 3.8) is 0 Å². The molecule has 0 spiro atoms. The molecule has 2 aromatic heterocycles. The quantitative estimate of drug-likeness (QED) is 0.831. The van der Waals surface area contributed by atoms with Crippen LogP contribution in [0.1, 0.15) is 20.3 Å². The van der Waals surface area contributed by atoms with Gasteiger partial charge in [0.25, 0.3) is 0 Å². The van der Waals surface area contributed by atoms with E-state index in [1.54, 1.807) is 0 Å². The highest BCUT2D eigenvalue weighted by atomic mass is 35.5. The highest BCUT2D eigenvalue weighted by Crippen LogP contribution is 2.26. The number of carbonyl (C=O) groups is 1. The first-order valence-electron chi connectivity index (χ1n) is 6.56. The summed E-state index contributed by atoms with van der Waals surface area (Å²) in [4.78, 5) is 19.6. The molecule has 0 saturated heterocycles. The minimum Gasteiger partial charge on any atom is -0.390 e. The molecular formula is C13H14ClF3N4O2. The van der Waals surface area contributed by atoms with Gasteiger partial charge in [0.15, 0.2) is 5.65 Å². The highest BCUT2D eigenvalue weighted by molar-refractivity contribution is 6.29. The van der Waals surface area contributed by atoms with Gasteiger partial charge in [-0.3, -0.25) is 14.7 Å². The van der Waals surface area contributed by atoms with Crippen LogP contribution in [0.2, 0.25) is 5.15 Å². The summed E-state index contributed by atoms with van der Waals surface area (Å²) in [7, 11) is 0. The Morgan fingerprint density at radius 2 is 2.00 bits per heavy atom. The molecule has 0 aliphatic rings. The van der Waals surface area contributed by atoms with Crippen molar-refractivity contribution < 1.29 is 23.1 Å². The Balaban J connectivity index is 2.41. The summed E-state index contributed by atoms with van der Waals surface area (Å²) in [6.07, 6.45) is -4.83. The van der Waals surface area contributed by atoms with E-state index in [1.807, 2.05) is 0 Å². The number of rotatable bonds is 4. The van der Waals surface area contributed by atoms with Crippen LogP contribution in [0, 0.1) is 0 Å². The van der Waals surface area contributed by atoms with E-state index >= 15 is 0 Å². The Bertz CT molecular complexity index is 737. The van der Waals surface area contributed by atoms with Crippen molar-refractivity contribution in [2.45, 2.75) is 38.6 Å². The Hall–Kier alpha value is -1.87. The fraction of sp³-hybridized carbons (Fsp3) is 0.462. The number of aromatic nitrogens is 3. The number of nitrogens with one attached hydrogen (secondary N) is 1. The van der Waals surface area contributed by atoms with E-state index in [0.717, 1.165) is 4.57 Å². The molecule has 0 aliphatic heterocycles. The Kier molecular flexibility index (Phi) is 4.54. The number of pyridine rings is 1. The second-order valence-corrected chi connectivity index (χ2v) is 6.04. The lowest BCUT2D eigenvalue weighted by Gasteiger charge is -2.17. The standard InChI is InChI=1S/C13H14ClF3N4O2/c1-12(2,23)5-9(22)20-11-18-7-3-4-8(14)19-10(7)21(11)6-13(15,16)17/h3-4,23H,5-6H2,1-2H3,(H,18,20,22). The normalized spacial score (nSPS) is 12.7. The minimum absolute atomic E-state index is 0.00944. The first-order chi connectivity index (χ1) is 10.4. The fourth-order valence-corrected chi connectivity index (χ4v) is 2.11. The largest absolute Gasteiger partial charge is 0.406 e. The Morgan fingerprint density at radius 3 is 2.57 bits per heavy atom. The molecule has 0 aliphatic carbocycles. The fourth-order valence-electron chi connectivity index (χ4n) is 1.96. The molecule has 23 heavy (non-hydrogen) atoms. The molecule has 2 heterocycles. The van der Waals surface area contributed by atoms with E-state index in [2.05, 4.69) is 15.3 Å². The van der Waals surface area contributed by atoms with Gasteiger partial charge in [-0.2, -0.15) is 13.2 Å². The minimum atomic E-state index is -4.53. The maximum Gasteiger partial charge on any atom is 0.406 e. The molecule has 0 saturated carbocycles. The maximum atomic E-state index is 12.8. The average Bonchev–Trinajstić information content (AvgIpc) is 2.63. The van der Waals surface area contributed by atoms with Crippen molar-refractivity contribution >= 4 is 34.6 Å². The van der Waals surface area contributed by atoms with Gasteiger partial charge >= 0.3 is 6.18 Å². The second-order valence-electron chi connectivity index (χ2n) is 5.65. The first-order valence-corrected chi connectivity index (χ1v) is 6.94. The van der Waals surface area contributed by atoms with Crippen LogP contribution in [0.5, 0.6) is 0 Å².